The van der Waals surface area contributed by atoms with Crippen molar-refractivity contribution in [3.05, 3.63) is 76.1 Å². The Kier molecular flexibility index (Phi) is 5.45. The SMILES string of the molecule is COC(=O)c1ccc(Oc2ncnc(Oc3ccc(C)cc3)c2[N+](=O)[O-])cc1. The molecule has 0 aliphatic carbocycles. The summed E-state index contributed by atoms with van der Waals surface area (Å²) in [7, 11) is 1.27. The van der Waals surface area contributed by atoms with Crippen molar-refractivity contribution in [1.82, 2.24) is 9.97 Å². The molecule has 0 atom stereocenters. The van der Waals surface area contributed by atoms with Crippen LogP contribution < -0.4 is 9.47 Å². The molecule has 0 saturated heterocycles. The molecule has 0 saturated carbocycles. The molecule has 0 radical (unpaired) electrons. The Labute approximate surface area is 159 Å². The predicted octanol–water partition coefficient (Wildman–Crippen LogP) is 4.06. The molecule has 0 unspecified atom stereocenters. The lowest BCUT2D eigenvalue weighted by molar-refractivity contribution is -0.387. The normalized spacial score (nSPS) is 10.2. The van der Waals surface area contributed by atoms with Crippen LogP contribution in [0.2, 0.25) is 0 Å². The van der Waals surface area contributed by atoms with Crippen LogP contribution in [-0.2, 0) is 4.74 Å². The van der Waals surface area contributed by atoms with Crippen molar-refractivity contribution < 1.29 is 23.9 Å². The highest BCUT2D eigenvalue weighted by atomic mass is 16.6. The largest absolute Gasteiger partial charge is 0.465 e. The average Bonchev–Trinajstić information content (AvgIpc) is 2.69. The Bertz CT molecular complexity index is 1000. The number of hydrogen-bond donors (Lipinski definition) is 0. The topological polar surface area (TPSA) is 114 Å². The first kappa shape index (κ1) is 18.8. The standard InChI is InChI=1S/C19H15N3O6/c1-12-3-7-14(8-4-12)27-17-16(22(24)25)18(21-11-20-17)28-15-9-5-13(6-10-15)19(23)26-2/h3-11H,1-2H3. The van der Waals surface area contributed by atoms with Gasteiger partial charge in [-0.15, -0.1) is 0 Å². The molecule has 0 N–H and O–H groups in total. The van der Waals surface area contributed by atoms with Gasteiger partial charge in [0.1, 0.15) is 17.8 Å². The van der Waals surface area contributed by atoms with Gasteiger partial charge in [0, 0.05) is 0 Å². The highest BCUT2D eigenvalue weighted by Crippen LogP contribution is 2.37. The summed E-state index contributed by atoms with van der Waals surface area (Å²) in [5.41, 5.74) is 0.819. The summed E-state index contributed by atoms with van der Waals surface area (Å²) < 4.78 is 15.7. The third-order valence-electron chi connectivity index (χ3n) is 3.66. The summed E-state index contributed by atoms with van der Waals surface area (Å²) in [5.74, 6) is -0.400. The highest BCUT2D eigenvalue weighted by Gasteiger charge is 2.27. The molecule has 28 heavy (non-hydrogen) atoms. The van der Waals surface area contributed by atoms with Crippen LogP contribution in [0.4, 0.5) is 5.69 Å². The molecule has 0 fully saturated rings. The zero-order valence-corrected chi connectivity index (χ0v) is 15.0. The monoisotopic (exact) mass is 381 g/mol. The van der Waals surface area contributed by atoms with Gasteiger partial charge in [0.05, 0.1) is 17.6 Å². The molecular weight excluding hydrogens is 366 g/mol. The minimum Gasteiger partial charge on any atom is -0.465 e. The quantitative estimate of drug-likeness (QED) is 0.357. The van der Waals surface area contributed by atoms with Crippen LogP contribution in [0.1, 0.15) is 15.9 Å². The van der Waals surface area contributed by atoms with E-state index in [2.05, 4.69) is 14.7 Å². The maximum absolute atomic E-state index is 11.6. The van der Waals surface area contributed by atoms with Gasteiger partial charge in [0.25, 0.3) is 0 Å². The van der Waals surface area contributed by atoms with Crippen molar-refractivity contribution in [2.75, 3.05) is 7.11 Å². The van der Waals surface area contributed by atoms with Crippen molar-refractivity contribution in [1.29, 1.82) is 0 Å². The lowest BCUT2D eigenvalue weighted by Crippen LogP contribution is -2.02. The summed E-state index contributed by atoms with van der Waals surface area (Å²) in [4.78, 5) is 30.1. The summed E-state index contributed by atoms with van der Waals surface area (Å²) >= 11 is 0. The smallest absolute Gasteiger partial charge is 0.393 e. The fourth-order valence-corrected chi connectivity index (χ4v) is 2.26. The molecule has 9 nitrogen and oxygen atoms in total. The third kappa shape index (κ3) is 4.21. The number of rotatable bonds is 6. The number of ether oxygens (including phenoxy) is 3. The molecule has 3 aromatic rings. The van der Waals surface area contributed by atoms with Crippen molar-refractivity contribution >= 4 is 11.7 Å². The van der Waals surface area contributed by atoms with Crippen LogP contribution in [0.15, 0.2) is 54.9 Å². The molecule has 0 aliphatic rings. The van der Waals surface area contributed by atoms with Crippen molar-refractivity contribution in [2.45, 2.75) is 6.92 Å². The van der Waals surface area contributed by atoms with Gasteiger partial charge in [-0.1, -0.05) is 17.7 Å². The number of aryl methyl sites for hydroxylation is 1. The minimum atomic E-state index is -0.679. The average molecular weight is 381 g/mol. The summed E-state index contributed by atoms with van der Waals surface area (Å²) in [5, 5.41) is 11.6. The Morgan fingerprint density at radius 3 is 1.89 bits per heavy atom. The lowest BCUT2D eigenvalue weighted by Gasteiger charge is -2.09. The molecule has 9 heteroatoms. The van der Waals surface area contributed by atoms with E-state index >= 15 is 0 Å². The van der Waals surface area contributed by atoms with E-state index in [0.29, 0.717) is 11.3 Å². The van der Waals surface area contributed by atoms with E-state index in [4.69, 9.17) is 9.47 Å². The van der Waals surface area contributed by atoms with Crippen molar-refractivity contribution in [3.8, 4) is 23.3 Å². The third-order valence-corrected chi connectivity index (χ3v) is 3.66. The first-order chi connectivity index (χ1) is 13.5. The number of methoxy groups -OCH3 is 1. The number of esters is 1. The van der Waals surface area contributed by atoms with Crippen LogP contribution >= 0.6 is 0 Å². The van der Waals surface area contributed by atoms with Crippen molar-refractivity contribution in [3.63, 3.8) is 0 Å². The molecule has 0 amide bonds. The number of aromatic nitrogens is 2. The van der Waals surface area contributed by atoms with Gasteiger partial charge >= 0.3 is 23.4 Å². The molecule has 0 aliphatic heterocycles. The maximum Gasteiger partial charge on any atom is 0.393 e. The predicted molar refractivity (Wildman–Crippen MR) is 97.8 cm³/mol. The maximum atomic E-state index is 11.6. The zero-order chi connectivity index (χ0) is 20.1. The molecule has 0 bridgehead atoms. The summed E-state index contributed by atoms with van der Waals surface area (Å²) in [6.07, 6.45) is 1.11. The Hall–Kier alpha value is -4.01. The zero-order valence-electron chi connectivity index (χ0n) is 15.0. The van der Waals surface area contributed by atoms with E-state index in [1.807, 2.05) is 19.1 Å². The first-order valence-corrected chi connectivity index (χ1v) is 8.08. The van der Waals surface area contributed by atoms with Crippen LogP contribution in [0.3, 0.4) is 0 Å². The first-order valence-electron chi connectivity index (χ1n) is 8.08. The van der Waals surface area contributed by atoms with E-state index in [1.54, 1.807) is 12.1 Å². The second-order valence-corrected chi connectivity index (χ2v) is 5.62. The van der Waals surface area contributed by atoms with E-state index in [1.165, 1.54) is 31.4 Å². The van der Waals surface area contributed by atoms with Gasteiger partial charge in [-0.3, -0.25) is 10.1 Å². The van der Waals surface area contributed by atoms with E-state index in [-0.39, 0.29) is 17.5 Å². The number of nitro groups is 1. The number of benzene rings is 2. The Balaban J connectivity index is 1.89. The minimum absolute atomic E-state index is 0.245. The number of carbonyl (C=O) groups is 1. The molecule has 2 aromatic carbocycles. The van der Waals surface area contributed by atoms with Crippen LogP contribution in [0.5, 0.6) is 23.3 Å². The second-order valence-electron chi connectivity index (χ2n) is 5.62. The fraction of sp³-hybridized carbons (Fsp3) is 0.105. The Morgan fingerprint density at radius 2 is 1.43 bits per heavy atom. The van der Waals surface area contributed by atoms with Gasteiger partial charge in [-0.25, -0.2) is 4.79 Å². The van der Waals surface area contributed by atoms with E-state index in [0.717, 1.165) is 11.9 Å². The van der Waals surface area contributed by atoms with Crippen molar-refractivity contribution in [2.24, 2.45) is 0 Å². The summed E-state index contributed by atoms with van der Waals surface area (Å²) in [6.45, 7) is 1.91. The molecule has 142 valence electrons. The van der Waals surface area contributed by atoms with Gasteiger partial charge in [-0.2, -0.15) is 9.97 Å². The fourth-order valence-electron chi connectivity index (χ4n) is 2.26. The number of nitrogens with zero attached hydrogens (tertiary/aromatic N) is 3. The van der Waals surface area contributed by atoms with Crippen LogP contribution in [0.25, 0.3) is 0 Å². The summed E-state index contributed by atoms with van der Waals surface area (Å²) in [6, 6.07) is 12.8. The molecular formula is C19H15N3O6. The van der Waals surface area contributed by atoms with E-state index in [9.17, 15) is 14.9 Å². The number of hydrogen-bond acceptors (Lipinski definition) is 8. The molecule has 1 aromatic heterocycles. The second kappa shape index (κ2) is 8.12. The van der Waals surface area contributed by atoms with Gasteiger partial charge in [0.2, 0.25) is 0 Å². The molecule has 0 spiro atoms. The number of carbonyl (C=O) groups excluding carboxylic acids is 1. The van der Waals surface area contributed by atoms with Crippen LogP contribution in [0, 0.1) is 17.0 Å². The molecule has 1 heterocycles. The van der Waals surface area contributed by atoms with Crippen LogP contribution in [-0.4, -0.2) is 28.0 Å². The van der Waals surface area contributed by atoms with E-state index < -0.39 is 16.6 Å². The lowest BCUT2D eigenvalue weighted by atomic mass is 10.2. The Morgan fingerprint density at radius 1 is 0.929 bits per heavy atom. The van der Waals surface area contributed by atoms with Gasteiger partial charge in [-0.05, 0) is 43.3 Å². The molecule has 3 rings (SSSR count). The van der Waals surface area contributed by atoms with Gasteiger partial charge < -0.3 is 14.2 Å². The van der Waals surface area contributed by atoms with Gasteiger partial charge in [0.15, 0.2) is 0 Å². The highest BCUT2D eigenvalue weighted by molar-refractivity contribution is 5.89.